The van der Waals surface area contributed by atoms with Gasteiger partial charge in [0.15, 0.2) is 0 Å². The number of rotatable bonds is 14. The van der Waals surface area contributed by atoms with Gasteiger partial charge < -0.3 is 0 Å². The van der Waals surface area contributed by atoms with Gasteiger partial charge in [-0.3, -0.25) is 0 Å². The third kappa shape index (κ3) is 11.4. The van der Waals surface area contributed by atoms with Crippen LogP contribution >= 0.6 is 0 Å². The van der Waals surface area contributed by atoms with Gasteiger partial charge in [-0.2, -0.15) is 0 Å². The van der Waals surface area contributed by atoms with Gasteiger partial charge in [-0.05, 0) is 24.3 Å². The molecule has 0 radical (unpaired) electrons. The second kappa shape index (κ2) is 29.0. The van der Waals surface area contributed by atoms with Crippen LogP contribution in [0.15, 0.2) is 461 Å². The summed E-state index contributed by atoms with van der Waals surface area (Å²) >= 11 is -7.21. The SMILES string of the molecule is c1cc[c]([Ge]([c]2ccccc2)([c]2ccccc2)[c]2cccc(-c3cccc(-n4c5ccccc5c5cc(-n6c7ccccc7c7ccccc76)ccc54)c3)c2)cc1.c1cc[c]([Sn]([c]2ccccc2)([c]2ccccc2)[c]2cccc(-c3cccc(-n4c5ccccc5c5cc(-n6c7ccccc7c7ccccc76)ccc54)c3)c2)cc1. The van der Waals surface area contributed by atoms with Crippen molar-refractivity contribution in [1.29, 1.82) is 0 Å². The predicted octanol–water partition coefficient (Wildman–Crippen LogP) is 21.9. The summed E-state index contributed by atoms with van der Waals surface area (Å²) in [4.78, 5) is 0. The van der Waals surface area contributed by atoms with Crippen LogP contribution in [0.4, 0.5) is 0 Å². The van der Waals surface area contributed by atoms with Gasteiger partial charge in [0.25, 0.3) is 0 Å². The standard InChI is InChI=1S/C54H38GeN2.C36H23N2.3C6H5.Sn/c1-4-20-41(21-5-1)55(42-22-6-2-7-23-42,43-24-8-3-9-25-43)44-26-16-18-39(36-44)40-19-17-27-45(37-40)56-53-33-15-12-30-49(53)50-38-46(34-35-54(50)56)57-51-31-13-10-28-47(51)48-29-11-14-32-52(48)57;1-2-11-25(12-3-1)26-13-10-14-27(23-26)37-35-20-9-6-17-31(35)32-24-28(21-22-36(32)37)38-33-18-7-4-15-29(33)30-16-5-8-19-34(30)38;3*1-2-4-6-5-3-1;/h1-38H;1-2,4-24H;3*1-5H;. The van der Waals surface area contributed by atoms with Crippen molar-refractivity contribution < 1.29 is 0 Å². The molecule has 0 saturated carbocycles. The molecule has 0 aliphatic heterocycles. The molecule has 0 unspecified atom stereocenters. The number of hydrogen-bond donors (Lipinski definition) is 0. The van der Waals surface area contributed by atoms with Crippen LogP contribution in [0, 0.1) is 0 Å². The van der Waals surface area contributed by atoms with Crippen LogP contribution in [-0.4, -0.2) is 49.9 Å². The van der Waals surface area contributed by atoms with E-state index in [1.807, 2.05) is 0 Å². The Balaban J connectivity index is 0.000000143. The van der Waals surface area contributed by atoms with E-state index in [9.17, 15) is 0 Å². The Morgan fingerprint density at radius 3 is 0.728 bits per heavy atom. The van der Waals surface area contributed by atoms with Crippen LogP contribution in [0.5, 0.6) is 0 Å². The quantitative estimate of drug-likeness (QED) is 0.0967. The third-order valence-electron chi connectivity index (χ3n) is 23.7. The van der Waals surface area contributed by atoms with E-state index in [0.717, 1.165) is 17.1 Å². The summed E-state index contributed by atoms with van der Waals surface area (Å²) in [6.45, 7) is 0. The van der Waals surface area contributed by atoms with Crippen molar-refractivity contribution in [3.05, 3.63) is 461 Å². The van der Waals surface area contributed by atoms with Gasteiger partial charge in [-0.15, -0.1) is 0 Å². The third-order valence-corrected chi connectivity index (χ3v) is 47.3. The monoisotopic (exact) mass is 1620 g/mol. The zero-order chi connectivity index (χ0) is 75.5. The van der Waals surface area contributed by atoms with Crippen molar-refractivity contribution >= 4 is 151 Å². The van der Waals surface area contributed by atoms with Crippen LogP contribution in [0.2, 0.25) is 0 Å². The molecular weight excluding hydrogens is 1540 g/mol. The Hall–Kier alpha value is -13.5. The molecular formula is C108H76GeN4Sn. The van der Waals surface area contributed by atoms with Crippen LogP contribution in [0.1, 0.15) is 0 Å². The molecule has 4 aromatic heterocycles. The minimum absolute atomic E-state index is 1.15. The van der Waals surface area contributed by atoms with Crippen molar-refractivity contribution in [3.8, 4) is 45.0 Å². The van der Waals surface area contributed by atoms with Crippen LogP contribution < -0.4 is 31.9 Å². The second-order valence-electron chi connectivity index (χ2n) is 29.8. The summed E-state index contributed by atoms with van der Waals surface area (Å²) in [5.41, 5.74) is 19.1. The Morgan fingerprint density at radius 1 is 0.149 bits per heavy atom. The van der Waals surface area contributed by atoms with Crippen LogP contribution in [0.3, 0.4) is 0 Å². The summed E-state index contributed by atoms with van der Waals surface area (Å²) in [6.07, 6.45) is 0. The Morgan fingerprint density at radius 2 is 0.386 bits per heavy atom. The summed E-state index contributed by atoms with van der Waals surface area (Å²) in [5.74, 6) is 0. The molecule has 22 rings (SSSR count). The summed E-state index contributed by atoms with van der Waals surface area (Å²) < 4.78 is 21.2. The summed E-state index contributed by atoms with van der Waals surface area (Å²) in [7, 11) is 0. The average Bonchev–Trinajstić information content (AvgIpc) is 1.56. The second-order valence-corrected chi connectivity index (χ2v) is 48.7. The summed E-state index contributed by atoms with van der Waals surface area (Å²) in [6, 6.07) is 171. The van der Waals surface area contributed by atoms with E-state index in [-0.39, 0.29) is 0 Å². The molecule has 18 aromatic carbocycles. The van der Waals surface area contributed by atoms with Crippen molar-refractivity contribution in [1.82, 2.24) is 18.3 Å². The Kier molecular flexibility index (Phi) is 17.4. The number of fused-ring (bicyclic) bond motifs is 12. The van der Waals surface area contributed by atoms with Gasteiger partial charge in [-0.1, -0.05) is 72.8 Å². The molecule has 6 heteroatoms. The molecule has 114 heavy (non-hydrogen) atoms. The van der Waals surface area contributed by atoms with Gasteiger partial charge in [0.05, 0.1) is 22.1 Å². The maximum atomic E-state index is 2.49. The van der Waals surface area contributed by atoms with Gasteiger partial charge >= 0.3 is 534 Å². The first-order valence-electron chi connectivity index (χ1n) is 39.4. The molecule has 0 atom stereocenters. The molecule has 536 valence electrons. The minimum atomic E-state index is -3.78. The van der Waals surface area contributed by atoms with Crippen molar-refractivity contribution in [2.24, 2.45) is 0 Å². The van der Waals surface area contributed by atoms with Crippen LogP contribution in [-0.2, 0) is 0 Å². The first-order valence-corrected chi connectivity index (χ1v) is 49.3. The number of nitrogens with zero attached hydrogens (tertiary/aromatic N) is 4. The van der Waals surface area contributed by atoms with Crippen molar-refractivity contribution in [3.63, 3.8) is 0 Å². The zero-order valence-electron chi connectivity index (χ0n) is 62.7. The fourth-order valence-electron chi connectivity index (χ4n) is 18.8. The molecule has 0 saturated heterocycles. The van der Waals surface area contributed by atoms with Gasteiger partial charge in [0.2, 0.25) is 0 Å². The van der Waals surface area contributed by atoms with Gasteiger partial charge in [-0.25, -0.2) is 0 Å². The Bertz CT molecular complexity index is 6610. The van der Waals surface area contributed by atoms with E-state index in [1.54, 1.807) is 0 Å². The maximum absolute atomic E-state index is 3.78. The number of hydrogen-bond acceptors (Lipinski definition) is 0. The first-order chi connectivity index (χ1) is 56.6. The summed E-state index contributed by atoms with van der Waals surface area (Å²) in [5, 5.41) is 10.1. The van der Waals surface area contributed by atoms with Crippen molar-refractivity contribution in [2.75, 3.05) is 0 Å². The number of aromatic nitrogens is 4. The van der Waals surface area contributed by atoms with Crippen molar-refractivity contribution in [2.45, 2.75) is 0 Å². The van der Waals surface area contributed by atoms with E-state index >= 15 is 0 Å². The average molecular weight is 1620 g/mol. The number of benzene rings is 18. The van der Waals surface area contributed by atoms with E-state index in [2.05, 4.69) is 479 Å². The normalized spacial score (nSPS) is 11.9. The van der Waals surface area contributed by atoms with E-state index in [4.69, 9.17) is 0 Å². The number of para-hydroxylation sites is 6. The molecule has 0 bridgehead atoms. The molecule has 4 heterocycles. The predicted molar refractivity (Wildman–Crippen MR) is 488 cm³/mol. The molecule has 0 amide bonds. The fraction of sp³-hybridized carbons (Fsp3) is 0. The van der Waals surface area contributed by atoms with E-state index < -0.39 is 31.6 Å². The molecule has 0 spiro atoms. The zero-order valence-corrected chi connectivity index (χ0v) is 67.6. The molecule has 22 aromatic rings. The molecule has 0 aliphatic carbocycles. The van der Waals surface area contributed by atoms with Gasteiger partial charge in [0.1, 0.15) is 0 Å². The van der Waals surface area contributed by atoms with E-state index in [0.29, 0.717) is 0 Å². The fourth-order valence-corrected chi connectivity index (χ4v) is 42.5. The first kappa shape index (κ1) is 68.5. The Labute approximate surface area is 669 Å². The molecule has 4 nitrogen and oxygen atoms in total. The molecule has 0 N–H and O–H groups in total. The van der Waals surface area contributed by atoms with Crippen LogP contribution in [0.25, 0.3) is 132 Å². The van der Waals surface area contributed by atoms with E-state index in [1.165, 1.54) is 147 Å². The van der Waals surface area contributed by atoms with Gasteiger partial charge in [0, 0.05) is 21.5 Å². The molecule has 0 fully saturated rings. The molecule has 0 aliphatic rings. The topological polar surface area (TPSA) is 19.7 Å².